The number of benzene rings is 2. The Morgan fingerprint density at radius 3 is 2.65 bits per heavy atom. The maximum atomic E-state index is 12.7. The number of halogens is 1. The Morgan fingerprint density at radius 1 is 1.15 bits per heavy atom. The number of rotatable bonds is 4. The van der Waals surface area contributed by atoms with Gasteiger partial charge < -0.3 is 0 Å². The van der Waals surface area contributed by atoms with Crippen molar-refractivity contribution in [3.8, 4) is 11.1 Å². The Hall–Kier alpha value is -2.76. The van der Waals surface area contributed by atoms with Gasteiger partial charge in [-0.15, -0.1) is 6.58 Å². The maximum Gasteiger partial charge on any atom is 0.265 e. The van der Waals surface area contributed by atoms with Gasteiger partial charge in [-0.25, -0.2) is 0 Å². The van der Waals surface area contributed by atoms with E-state index in [-0.39, 0.29) is 17.2 Å². The van der Waals surface area contributed by atoms with Crippen LogP contribution < -0.4 is 5.32 Å². The molecule has 1 saturated heterocycles. The number of thiocarbonyl (C=S) groups is 1. The Kier molecular flexibility index (Phi) is 5.30. The van der Waals surface area contributed by atoms with Crippen molar-refractivity contribution in [2.24, 2.45) is 0 Å². The van der Waals surface area contributed by atoms with E-state index in [0.29, 0.717) is 5.02 Å². The molecule has 1 aliphatic rings. The number of hydrogen-bond acceptors (Lipinski definition) is 3. The highest BCUT2D eigenvalue weighted by atomic mass is 35.5. The Balaban J connectivity index is 2.07. The molecule has 0 spiro atoms. The molecule has 0 radical (unpaired) electrons. The number of carbonyl (C=O) groups is 2. The number of carbonyl (C=O) groups excluding carboxylic acids is 2. The van der Waals surface area contributed by atoms with Crippen LogP contribution in [0.2, 0.25) is 5.02 Å². The van der Waals surface area contributed by atoms with Crippen LogP contribution in [-0.2, 0) is 9.59 Å². The van der Waals surface area contributed by atoms with E-state index >= 15 is 0 Å². The highest BCUT2D eigenvalue weighted by Gasteiger charge is 2.32. The van der Waals surface area contributed by atoms with E-state index in [1.165, 1.54) is 4.90 Å². The molecule has 3 rings (SSSR count). The summed E-state index contributed by atoms with van der Waals surface area (Å²) in [6.45, 7) is 3.84. The third-order valence-corrected chi connectivity index (χ3v) is 4.45. The van der Waals surface area contributed by atoms with E-state index in [1.54, 1.807) is 18.2 Å². The van der Waals surface area contributed by atoms with Gasteiger partial charge in [-0.05, 0) is 47.1 Å². The topological polar surface area (TPSA) is 49.4 Å². The van der Waals surface area contributed by atoms with Crippen LogP contribution in [0.3, 0.4) is 0 Å². The van der Waals surface area contributed by atoms with Crippen molar-refractivity contribution in [2.75, 3.05) is 6.54 Å². The second-order valence-corrected chi connectivity index (χ2v) is 6.44. The van der Waals surface area contributed by atoms with Crippen LogP contribution in [0.1, 0.15) is 5.56 Å². The molecule has 6 heteroatoms. The summed E-state index contributed by atoms with van der Waals surface area (Å²) < 4.78 is 0. The molecule has 130 valence electrons. The van der Waals surface area contributed by atoms with Gasteiger partial charge >= 0.3 is 0 Å². The second-order valence-electron chi connectivity index (χ2n) is 5.62. The lowest BCUT2D eigenvalue weighted by atomic mass is 9.97. The first-order valence-corrected chi connectivity index (χ1v) is 8.64. The average Bonchev–Trinajstić information content (AvgIpc) is 2.62. The van der Waals surface area contributed by atoms with Crippen LogP contribution in [0.4, 0.5) is 0 Å². The maximum absolute atomic E-state index is 12.7. The lowest BCUT2D eigenvalue weighted by molar-refractivity contribution is -0.128. The molecule has 0 atom stereocenters. The lowest BCUT2D eigenvalue weighted by Crippen LogP contribution is -2.53. The van der Waals surface area contributed by atoms with Gasteiger partial charge in [0, 0.05) is 11.6 Å². The summed E-state index contributed by atoms with van der Waals surface area (Å²) in [6, 6.07) is 14.9. The van der Waals surface area contributed by atoms with Crippen LogP contribution in [0.15, 0.2) is 66.8 Å². The van der Waals surface area contributed by atoms with Crippen LogP contribution >= 0.6 is 23.8 Å². The van der Waals surface area contributed by atoms with E-state index in [9.17, 15) is 9.59 Å². The summed E-state index contributed by atoms with van der Waals surface area (Å²) in [5.41, 5.74) is 2.52. The zero-order chi connectivity index (χ0) is 18.7. The number of hydrogen-bond donors (Lipinski definition) is 1. The van der Waals surface area contributed by atoms with Crippen molar-refractivity contribution in [2.45, 2.75) is 0 Å². The van der Waals surface area contributed by atoms with Gasteiger partial charge in [-0.3, -0.25) is 19.8 Å². The fraction of sp³-hybridized carbons (Fsp3) is 0.0500. The van der Waals surface area contributed by atoms with Crippen molar-refractivity contribution in [3.05, 3.63) is 77.3 Å². The molecule has 0 aromatic heterocycles. The molecule has 4 nitrogen and oxygen atoms in total. The summed E-state index contributed by atoms with van der Waals surface area (Å²) in [4.78, 5) is 26.3. The van der Waals surface area contributed by atoms with Crippen molar-refractivity contribution in [1.82, 2.24) is 10.2 Å². The summed E-state index contributed by atoms with van der Waals surface area (Å²) >= 11 is 11.2. The summed E-state index contributed by atoms with van der Waals surface area (Å²) in [7, 11) is 0. The SMILES string of the molecule is C=CCN1C(=O)C(=Cc2ccccc2-c2cccc(Cl)c2)C(=O)NC1=S. The van der Waals surface area contributed by atoms with Gasteiger partial charge in [0.15, 0.2) is 5.11 Å². The first-order chi connectivity index (χ1) is 12.5. The van der Waals surface area contributed by atoms with Gasteiger partial charge in [0.1, 0.15) is 5.57 Å². The molecule has 2 aromatic carbocycles. The molecule has 1 fully saturated rings. The first kappa shape index (κ1) is 18.0. The summed E-state index contributed by atoms with van der Waals surface area (Å²) in [5, 5.41) is 3.24. The zero-order valence-corrected chi connectivity index (χ0v) is 15.3. The smallest absolute Gasteiger partial charge is 0.265 e. The molecule has 0 saturated carbocycles. The largest absolute Gasteiger partial charge is 0.298 e. The fourth-order valence-electron chi connectivity index (χ4n) is 2.69. The highest BCUT2D eigenvalue weighted by molar-refractivity contribution is 7.80. The van der Waals surface area contributed by atoms with Crippen LogP contribution in [0.25, 0.3) is 17.2 Å². The molecule has 26 heavy (non-hydrogen) atoms. The minimum Gasteiger partial charge on any atom is -0.298 e. The van der Waals surface area contributed by atoms with E-state index < -0.39 is 11.8 Å². The van der Waals surface area contributed by atoms with Crippen LogP contribution in [0.5, 0.6) is 0 Å². The monoisotopic (exact) mass is 382 g/mol. The van der Waals surface area contributed by atoms with Gasteiger partial charge in [0.25, 0.3) is 11.8 Å². The number of nitrogens with one attached hydrogen (secondary N) is 1. The van der Waals surface area contributed by atoms with Gasteiger partial charge in [-0.2, -0.15) is 0 Å². The van der Waals surface area contributed by atoms with Gasteiger partial charge in [0.2, 0.25) is 0 Å². The van der Waals surface area contributed by atoms with Crippen LogP contribution in [0, 0.1) is 0 Å². The average molecular weight is 383 g/mol. The Bertz CT molecular complexity index is 952. The fourth-order valence-corrected chi connectivity index (χ4v) is 3.13. The molecule has 2 amide bonds. The highest BCUT2D eigenvalue weighted by Crippen LogP contribution is 2.28. The van der Waals surface area contributed by atoms with E-state index in [2.05, 4.69) is 11.9 Å². The normalized spacial score (nSPS) is 16.0. The third-order valence-electron chi connectivity index (χ3n) is 3.89. The molecule has 0 unspecified atom stereocenters. The quantitative estimate of drug-likeness (QED) is 0.378. The molecule has 2 aromatic rings. The number of nitrogens with zero attached hydrogens (tertiary/aromatic N) is 1. The lowest BCUT2D eigenvalue weighted by Gasteiger charge is -2.27. The molecule has 0 aliphatic carbocycles. The van der Waals surface area contributed by atoms with Crippen LogP contribution in [-0.4, -0.2) is 28.4 Å². The minimum absolute atomic E-state index is 0.0231. The van der Waals surface area contributed by atoms with Crippen molar-refractivity contribution in [1.29, 1.82) is 0 Å². The predicted octanol–water partition coefficient (Wildman–Crippen LogP) is 3.82. The summed E-state index contributed by atoms with van der Waals surface area (Å²) in [6.07, 6.45) is 3.13. The summed E-state index contributed by atoms with van der Waals surface area (Å²) in [5.74, 6) is -0.958. The molecule has 1 aliphatic heterocycles. The standard InChI is InChI=1S/C20H15ClN2O2S/c1-2-10-23-19(25)17(18(24)22-20(23)26)12-14-6-3-4-9-16(14)13-7-5-8-15(21)11-13/h2-9,11-12H,1,10H2,(H,22,24,26). The van der Waals surface area contributed by atoms with E-state index in [0.717, 1.165) is 16.7 Å². The van der Waals surface area contributed by atoms with Gasteiger partial charge in [0.05, 0.1) is 0 Å². The van der Waals surface area contributed by atoms with E-state index in [1.807, 2.05) is 42.5 Å². The van der Waals surface area contributed by atoms with Crippen molar-refractivity contribution < 1.29 is 9.59 Å². The number of amides is 2. The molecule has 1 heterocycles. The Labute approximate surface area is 161 Å². The van der Waals surface area contributed by atoms with Crippen molar-refractivity contribution in [3.63, 3.8) is 0 Å². The predicted molar refractivity (Wildman–Crippen MR) is 108 cm³/mol. The molecular formula is C20H15ClN2O2S. The third kappa shape index (κ3) is 3.59. The second kappa shape index (κ2) is 7.64. The molecular weight excluding hydrogens is 368 g/mol. The first-order valence-electron chi connectivity index (χ1n) is 7.86. The van der Waals surface area contributed by atoms with Crippen molar-refractivity contribution >= 4 is 46.8 Å². The Morgan fingerprint density at radius 2 is 1.92 bits per heavy atom. The molecule has 0 bridgehead atoms. The van der Waals surface area contributed by atoms with E-state index in [4.69, 9.17) is 23.8 Å². The minimum atomic E-state index is -0.513. The zero-order valence-electron chi connectivity index (χ0n) is 13.7. The van der Waals surface area contributed by atoms with Gasteiger partial charge in [-0.1, -0.05) is 54.1 Å². The molecule has 1 N–H and O–H groups in total.